The maximum absolute atomic E-state index is 13.6. The smallest absolute Gasteiger partial charge is 0.194 e. The van der Waals surface area contributed by atoms with Crippen LogP contribution < -0.4 is 0 Å². The summed E-state index contributed by atoms with van der Waals surface area (Å²) in [5, 5.41) is 1.39. The fraction of sp³-hybridized carbons (Fsp3) is 0.0909. The van der Waals surface area contributed by atoms with Crippen molar-refractivity contribution >= 4 is 24.6 Å². The molecular formula is C11H9FO4S2. The van der Waals surface area contributed by atoms with Gasteiger partial charge in [-0.25, -0.2) is 21.2 Å². The molecule has 0 N–H and O–H groups in total. The Morgan fingerprint density at radius 2 is 1.72 bits per heavy atom. The number of hydrogen-bond donors (Lipinski definition) is 0. The molecule has 0 unspecified atom stereocenters. The van der Waals surface area contributed by atoms with Crippen molar-refractivity contribution < 1.29 is 21.2 Å². The van der Waals surface area contributed by atoms with Gasteiger partial charge in [0.1, 0.15) is 5.82 Å². The third-order valence-electron chi connectivity index (χ3n) is 2.35. The molecule has 1 aromatic rings. The second kappa shape index (κ2) is 4.33. The summed E-state index contributed by atoms with van der Waals surface area (Å²) in [5.74, 6) is -1.24. The SMILES string of the molecule is O=S1(=O)C=CCS(=O)(=O)C(c2ccccc2F)=C1. The van der Waals surface area contributed by atoms with Gasteiger partial charge in [0, 0.05) is 11.0 Å². The van der Waals surface area contributed by atoms with Crippen molar-refractivity contribution in [3.05, 3.63) is 52.5 Å². The summed E-state index contributed by atoms with van der Waals surface area (Å²) in [5.41, 5.74) is -0.232. The number of rotatable bonds is 1. The number of benzene rings is 1. The molecule has 1 aromatic carbocycles. The number of hydrogen-bond acceptors (Lipinski definition) is 4. The molecule has 0 saturated carbocycles. The molecule has 0 atom stereocenters. The van der Waals surface area contributed by atoms with Gasteiger partial charge >= 0.3 is 0 Å². The van der Waals surface area contributed by atoms with Gasteiger partial charge in [0.2, 0.25) is 0 Å². The van der Waals surface area contributed by atoms with Gasteiger partial charge in [-0.1, -0.05) is 24.3 Å². The van der Waals surface area contributed by atoms with Crippen molar-refractivity contribution in [2.75, 3.05) is 5.75 Å². The fourth-order valence-corrected chi connectivity index (χ4v) is 4.55. The molecule has 1 aliphatic heterocycles. The summed E-state index contributed by atoms with van der Waals surface area (Å²) in [6, 6.07) is 5.16. The van der Waals surface area contributed by atoms with E-state index in [9.17, 15) is 21.2 Å². The lowest BCUT2D eigenvalue weighted by molar-refractivity contribution is 0.604. The van der Waals surface area contributed by atoms with Crippen LogP contribution in [0.4, 0.5) is 4.39 Å². The molecule has 0 amide bonds. The Labute approximate surface area is 104 Å². The Balaban J connectivity index is 2.75. The zero-order chi connectivity index (χ0) is 13.4. The largest absolute Gasteiger partial charge is 0.223 e. The first kappa shape index (κ1) is 13.0. The van der Waals surface area contributed by atoms with Crippen molar-refractivity contribution in [3.63, 3.8) is 0 Å². The van der Waals surface area contributed by atoms with Crippen LogP contribution in [0.5, 0.6) is 0 Å². The van der Waals surface area contributed by atoms with Gasteiger partial charge in [-0.3, -0.25) is 0 Å². The van der Waals surface area contributed by atoms with Gasteiger partial charge in [0.15, 0.2) is 19.7 Å². The van der Waals surface area contributed by atoms with E-state index >= 15 is 0 Å². The minimum absolute atomic E-state index is 0.232. The summed E-state index contributed by atoms with van der Waals surface area (Å²) in [4.78, 5) is -0.509. The van der Waals surface area contributed by atoms with Gasteiger partial charge in [-0.2, -0.15) is 0 Å². The van der Waals surface area contributed by atoms with Crippen LogP contribution >= 0.6 is 0 Å². The highest BCUT2D eigenvalue weighted by molar-refractivity contribution is 8.04. The Morgan fingerprint density at radius 1 is 1.06 bits per heavy atom. The summed E-state index contributed by atoms with van der Waals surface area (Å²) in [6.07, 6.45) is 1.04. The Kier molecular flexibility index (Phi) is 3.12. The fourth-order valence-electron chi connectivity index (χ4n) is 1.54. The third kappa shape index (κ3) is 2.51. The molecule has 2 rings (SSSR count). The van der Waals surface area contributed by atoms with Crippen molar-refractivity contribution in [1.82, 2.24) is 0 Å². The normalized spacial score (nSPS) is 21.1. The molecule has 96 valence electrons. The molecule has 0 aromatic heterocycles. The van der Waals surface area contributed by atoms with Crippen LogP contribution in [0.15, 0.2) is 41.2 Å². The molecule has 18 heavy (non-hydrogen) atoms. The Hall–Kier alpha value is -1.47. The number of halogens is 1. The van der Waals surface area contributed by atoms with Crippen LogP contribution in [0.1, 0.15) is 5.56 Å². The molecule has 0 fully saturated rings. The molecule has 0 aliphatic carbocycles. The topological polar surface area (TPSA) is 68.3 Å². The van der Waals surface area contributed by atoms with Crippen molar-refractivity contribution in [2.24, 2.45) is 0 Å². The minimum atomic E-state index is -3.85. The van der Waals surface area contributed by atoms with E-state index in [1.807, 2.05) is 0 Å². The summed E-state index contributed by atoms with van der Waals surface area (Å²) in [7, 11) is -7.64. The predicted octanol–water partition coefficient (Wildman–Crippen LogP) is 1.48. The molecule has 4 nitrogen and oxygen atoms in total. The van der Waals surface area contributed by atoms with Gasteiger partial charge in [0.25, 0.3) is 0 Å². The second-order valence-electron chi connectivity index (χ2n) is 3.70. The van der Waals surface area contributed by atoms with E-state index in [4.69, 9.17) is 0 Å². The van der Waals surface area contributed by atoms with Gasteiger partial charge < -0.3 is 0 Å². The van der Waals surface area contributed by atoms with Crippen molar-refractivity contribution in [2.45, 2.75) is 0 Å². The molecule has 0 bridgehead atoms. The average molecular weight is 288 g/mol. The first-order chi connectivity index (χ1) is 8.32. The molecule has 0 spiro atoms. The van der Waals surface area contributed by atoms with E-state index in [2.05, 4.69) is 0 Å². The summed E-state index contributed by atoms with van der Waals surface area (Å²) in [6.45, 7) is 0. The monoisotopic (exact) mass is 288 g/mol. The first-order valence-electron chi connectivity index (χ1n) is 4.93. The van der Waals surface area contributed by atoms with Gasteiger partial charge in [-0.15, -0.1) is 0 Å². The average Bonchev–Trinajstić information content (AvgIpc) is 2.36. The van der Waals surface area contributed by atoms with E-state index in [0.29, 0.717) is 5.41 Å². The molecule has 1 heterocycles. The lowest BCUT2D eigenvalue weighted by atomic mass is 10.2. The summed E-state index contributed by atoms with van der Waals surface area (Å²) >= 11 is 0. The molecular weight excluding hydrogens is 279 g/mol. The zero-order valence-corrected chi connectivity index (χ0v) is 10.7. The highest BCUT2D eigenvalue weighted by Crippen LogP contribution is 2.27. The number of sulfone groups is 2. The predicted molar refractivity (Wildman–Crippen MR) is 66.2 cm³/mol. The highest BCUT2D eigenvalue weighted by Gasteiger charge is 2.25. The van der Waals surface area contributed by atoms with E-state index in [-0.39, 0.29) is 5.56 Å². The quantitative estimate of drug-likeness (QED) is 0.785. The van der Waals surface area contributed by atoms with E-state index in [0.717, 1.165) is 17.6 Å². The van der Waals surface area contributed by atoms with E-state index in [1.54, 1.807) is 0 Å². The molecule has 1 aliphatic rings. The van der Waals surface area contributed by atoms with Gasteiger partial charge in [-0.05, 0) is 6.07 Å². The minimum Gasteiger partial charge on any atom is -0.223 e. The van der Waals surface area contributed by atoms with Crippen LogP contribution in [0, 0.1) is 5.82 Å². The Bertz CT molecular complexity index is 743. The molecule has 0 saturated heterocycles. The van der Waals surface area contributed by atoms with Crippen LogP contribution in [-0.4, -0.2) is 22.6 Å². The second-order valence-corrected chi connectivity index (χ2v) is 7.39. The van der Waals surface area contributed by atoms with Crippen LogP contribution in [0.2, 0.25) is 0 Å². The first-order valence-corrected chi connectivity index (χ1v) is 8.19. The van der Waals surface area contributed by atoms with E-state index in [1.165, 1.54) is 18.2 Å². The van der Waals surface area contributed by atoms with Gasteiger partial charge in [0.05, 0.1) is 16.1 Å². The van der Waals surface area contributed by atoms with Crippen molar-refractivity contribution in [3.8, 4) is 0 Å². The lowest BCUT2D eigenvalue weighted by Gasteiger charge is -2.07. The molecule has 7 heteroatoms. The standard InChI is InChI=1S/C11H9FO4S2/c12-10-5-2-1-4-9(10)11-8-17(13,14)6-3-7-18(11,15)16/h1-6,8H,7H2. The van der Waals surface area contributed by atoms with E-state index < -0.39 is 36.1 Å². The van der Waals surface area contributed by atoms with Crippen molar-refractivity contribution in [1.29, 1.82) is 0 Å². The highest BCUT2D eigenvalue weighted by atomic mass is 32.2. The molecule has 0 radical (unpaired) electrons. The van der Waals surface area contributed by atoms with Crippen LogP contribution in [0.3, 0.4) is 0 Å². The van der Waals surface area contributed by atoms with Crippen LogP contribution in [-0.2, 0) is 19.7 Å². The Morgan fingerprint density at radius 3 is 2.39 bits per heavy atom. The summed E-state index contributed by atoms with van der Waals surface area (Å²) < 4.78 is 60.4. The lowest BCUT2D eigenvalue weighted by Crippen LogP contribution is -2.07. The van der Waals surface area contributed by atoms with Crippen LogP contribution in [0.25, 0.3) is 4.91 Å². The zero-order valence-electron chi connectivity index (χ0n) is 9.08. The maximum atomic E-state index is 13.6. The third-order valence-corrected chi connectivity index (χ3v) is 5.27. The maximum Gasteiger partial charge on any atom is 0.194 e.